The quantitative estimate of drug-likeness (QED) is 0.665. The molecule has 1 atom stereocenters. The molecule has 0 amide bonds. The maximum absolute atomic E-state index is 11.8. The Morgan fingerprint density at radius 3 is 2.56 bits per heavy atom. The van der Waals surface area contributed by atoms with Crippen LogP contribution in [-0.4, -0.2) is 68.2 Å². The van der Waals surface area contributed by atoms with E-state index in [0.717, 1.165) is 26.2 Å². The minimum atomic E-state index is -4.12. The molecule has 0 radical (unpaired) electrons. The number of β-amino-alcohol motifs (C(OH)–C–C–N with tert-alkyl or cyclic N) is 1. The summed E-state index contributed by atoms with van der Waals surface area (Å²) in [6.45, 7) is 4.22. The van der Waals surface area contributed by atoms with E-state index in [1.807, 2.05) is 0 Å². The van der Waals surface area contributed by atoms with E-state index in [9.17, 15) is 18.3 Å². The molecule has 1 rings (SSSR count). The van der Waals surface area contributed by atoms with Crippen molar-refractivity contribution in [3.8, 4) is 0 Å². The van der Waals surface area contributed by atoms with Crippen LogP contribution in [0.3, 0.4) is 0 Å². The van der Waals surface area contributed by atoms with E-state index in [2.05, 4.69) is 10.2 Å². The number of alkyl halides is 3. The summed E-state index contributed by atoms with van der Waals surface area (Å²) in [6.07, 6.45) is -5.64. The minimum Gasteiger partial charge on any atom is -0.389 e. The Labute approximate surface area is 105 Å². The molecule has 7 heteroatoms. The summed E-state index contributed by atoms with van der Waals surface area (Å²) >= 11 is 0. The average molecular weight is 270 g/mol. The van der Waals surface area contributed by atoms with Crippen LogP contribution in [-0.2, 0) is 4.74 Å². The lowest BCUT2D eigenvalue weighted by molar-refractivity contribution is -0.138. The highest BCUT2D eigenvalue weighted by atomic mass is 19.4. The largest absolute Gasteiger partial charge is 0.389 e. The molecule has 1 aliphatic rings. The average Bonchev–Trinajstić information content (AvgIpc) is 2.28. The maximum Gasteiger partial charge on any atom is 0.389 e. The first-order valence-corrected chi connectivity index (χ1v) is 6.23. The third-order valence-corrected chi connectivity index (χ3v) is 2.74. The van der Waals surface area contributed by atoms with Crippen LogP contribution in [0.2, 0.25) is 0 Å². The van der Waals surface area contributed by atoms with E-state index in [1.54, 1.807) is 0 Å². The molecule has 1 unspecified atom stereocenters. The van der Waals surface area contributed by atoms with Crippen molar-refractivity contribution >= 4 is 0 Å². The standard InChI is InChI=1S/C11H21F3N2O2/c12-11(13,14)2-1-7-18-9-10(17)8-16-5-3-15-4-6-16/h10,15,17H,1-9H2. The van der Waals surface area contributed by atoms with Crippen molar-refractivity contribution in [2.45, 2.75) is 25.1 Å². The Hall–Kier alpha value is -0.370. The smallest absolute Gasteiger partial charge is 0.389 e. The zero-order chi connectivity index (χ0) is 13.4. The second-order valence-electron chi connectivity index (χ2n) is 4.50. The molecule has 18 heavy (non-hydrogen) atoms. The van der Waals surface area contributed by atoms with Crippen LogP contribution < -0.4 is 5.32 Å². The van der Waals surface area contributed by atoms with Gasteiger partial charge in [-0.1, -0.05) is 0 Å². The molecule has 108 valence electrons. The van der Waals surface area contributed by atoms with Gasteiger partial charge in [0.25, 0.3) is 0 Å². The fourth-order valence-electron chi connectivity index (χ4n) is 1.84. The van der Waals surface area contributed by atoms with Gasteiger partial charge in [-0.2, -0.15) is 13.2 Å². The van der Waals surface area contributed by atoms with Crippen LogP contribution in [0.1, 0.15) is 12.8 Å². The van der Waals surface area contributed by atoms with E-state index in [4.69, 9.17) is 4.74 Å². The van der Waals surface area contributed by atoms with Gasteiger partial charge in [0.05, 0.1) is 12.7 Å². The molecule has 1 saturated heterocycles. The first kappa shape index (κ1) is 15.7. The molecule has 0 spiro atoms. The van der Waals surface area contributed by atoms with Gasteiger partial charge in [-0.3, -0.25) is 4.90 Å². The molecule has 0 aromatic heterocycles. The van der Waals surface area contributed by atoms with Gasteiger partial charge in [0.2, 0.25) is 0 Å². The van der Waals surface area contributed by atoms with Gasteiger partial charge in [0.1, 0.15) is 0 Å². The molecule has 4 nitrogen and oxygen atoms in total. The molecule has 1 fully saturated rings. The van der Waals surface area contributed by atoms with Gasteiger partial charge < -0.3 is 15.2 Å². The third kappa shape index (κ3) is 7.86. The topological polar surface area (TPSA) is 44.7 Å². The van der Waals surface area contributed by atoms with Crippen LogP contribution in [0, 0.1) is 0 Å². The number of rotatable bonds is 7. The molecule has 0 bridgehead atoms. The van der Waals surface area contributed by atoms with Crippen molar-refractivity contribution in [2.24, 2.45) is 0 Å². The Bertz CT molecular complexity index is 221. The molecule has 1 aliphatic heterocycles. The highest BCUT2D eigenvalue weighted by molar-refractivity contribution is 4.70. The van der Waals surface area contributed by atoms with Gasteiger partial charge in [0.15, 0.2) is 0 Å². The van der Waals surface area contributed by atoms with E-state index in [0.29, 0.717) is 6.54 Å². The van der Waals surface area contributed by atoms with Crippen LogP contribution >= 0.6 is 0 Å². The zero-order valence-corrected chi connectivity index (χ0v) is 10.4. The number of piperazine rings is 1. The molecule has 0 aromatic carbocycles. The number of hydrogen-bond acceptors (Lipinski definition) is 4. The van der Waals surface area contributed by atoms with Gasteiger partial charge in [0, 0.05) is 45.8 Å². The second-order valence-corrected chi connectivity index (χ2v) is 4.50. The second kappa shape index (κ2) is 7.93. The fourth-order valence-corrected chi connectivity index (χ4v) is 1.84. The van der Waals surface area contributed by atoms with Crippen LogP contribution in [0.25, 0.3) is 0 Å². The van der Waals surface area contributed by atoms with Gasteiger partial charge in [-0.25, -0.2) is 0 Å². The number of halogens is 3. The van der Waals surface area contributed by atoms with Crippen LogP contribution in [0.15, 0.2) is 0 Å². The van der Waals surface area contributed by atoms with Crippen molar-refractivity contribution in [2.75, 3.05) is 45.9 Å². The lowest BCUT2D eigenvalue weighted by atomic mass is 10.3. The Morgan fingerprint density at radius 2 is 1.94 bits per heavy atom. The monoisotopic (exact) mass is 270 g/mol. The van der Waals surface area contributed by atoms with Gasteiger partial charge in [-0.15, -0.1) is 0 Å². The van der Waals surface area contributed by atoms with E-state index < -0.39 is 18.7 Å². The highest BCUT2D eigenvalue weighted by Crippen LogP contribution is 2.20. The zero-order valence-electron chi connectivity index (χ0n) is 10.4. The number of aliphatic hydroxyl groups is 1. The summed E-state index contributed by atoms with van der Waals surface area (Å²) < 4.78 is 40.5. The molecular weight excluding hydrogens is 249 g/mol. The number of nitrogens with zero attached hydrogens (tertiary/aromatic N) is 1. The lowest BCUT2D eigenvalue weighted by Crippen LogP contribution is -2.47. The highest BCUT2D eigenvalue weighted by Gasteiger charge is 2.26. The van der Waals surface area contributed by atoms with Crippen molar-refractivity contribution < 1.29 is 23.0 Å². The third-order valence-electron chi connectivity index (χ3n) is 2.74. The Morgan fingerprint density at radius 1 is 1.28 bits per heavy atom. The molecule has 1 heterocycles. The summed E-state index contributed by atoms with van der Waals surface area (Å²) in [7, 11) is 0. The first-order chi connectivity index (χ1) is 8.47. The minimum absolute atomic E-state index is 0.0398. The number of nitrogens with one attached hydrogen (secondary N) is 1. The lowest BCUT2D eigenvalue weighted by Gasteiger charge is -2.28. The van der Waals surface area contributed by atoms with Gasteiger partial charge in [-0.05, 0) is 6.42 Å². The number of aliphatic hydroxyl groups excluding tert-OH is 1. The molecule has 0 aliphatic carbocycles. The van der Waals surface area contributed by atoms with Crippen molar-refractivity contribution in [1.29, 1.82) is 0 Å². The van der Waals surface area contributed by atoms with Crippen molar-refractivity contribution in [3.63, 3.8) is 0 Å². The normalized spacial score (nSPS) is 20.0. The predicted octanol–water partition coefficient (Wildman–Crippen LogP) is 0.612. The summed E-state index contributed by atoms with van der Waals surface area (Å²) in [5.74, 6) is 0. The first-order valence-electron chi connectivity index (χ1n) is 6.23. The summed E-state index contributed by atoms with van der Waals surface area (Å²) in [5, 5.41) is 12.9. The predicted molar refractivity (Wildman–Crippen MR) is 61.4 cm³/mol. The SMILES string of the molecule is OC(COCCCC(F)(F)F)CN1CCNCC1. The Balaban J connectivity index is 1.97. The fraction of sp³-hybridized carbons (Fsp3) is 1.00. The molecular formula is C11H21F3N2O2. The summed E-state index contributed by atoms with van der Waals surface area (Å²) in [6, 6.07) is 0. The number of hydrogen-bond donors (Lipinski definition) is 2. The molecule has 2 N–H and O–H groups in total. The van der Waals surface area contributed by atoms with Crippen molar-refractivity contribution in [1.82, 2.24) is 10.2 Å². The van der Waals surface area contributed by atoms with Crippen molar-refractivity contribution in [3.05, 3.63) is 0 Å². The summed E-state index contributed by atoms with van der Waals surface area (Å²) in [4.78, 5) is 2.11. The van der Waals surface area contributed by atoms with Gasteiger partial charge >= 0.3 is 6.18 Å². The number of ether oxygens (including phenoxy) is 1. The van der Waals surface area contributed by atoms with E-state index >= 15 is 0 Å². The van der Waals surface area contributed by atoms with Crippen LogP contribution in [0.5, 0.6) is 0 Å². The molecule has 0 aromatic rings. The van der Waals surface area contributed by atoms with Crippen LogP contribution in [0.4, 0.5) is 13.2 Å². The van der Waals surface area contributed by atoms with E-state index in [-0.39, 0.29) is 19.6 Å². The maximum atomic E-state index is 11.8. The van der Waals surface area contributed by atoms with E-state index in [1.165, 1.54) is 0 Å². The summed E-state index contributed by atoms with van der Waals surface area (Å²) in [5.41, 5.74) is 0. The Kier molecular flexibility index (Phi) is 6.91. The molecule has 0 saturated carbocycles.